The van der Waals surface area contributed by atoms with Crippen molar-refractivity contribution in [3.63, 3.8) is 0 Å². The monoisotopic (exact) mass is 235 g/mol. The Morgan fingerprint density at radius 3 is 2.71 bits per heavy atom. The maximum atomic E-state index is 13.4. The summed E-state index contributed by atoms with van der Waals surface area (Å²) in [6, 6.07) is 3.76. The maximum Gasteiger partial charge on any atom is 0.228 e. The van der Waals surface area contributed by atoms with Crippen molar-refractivity contribution in [3.05, 3.63) is 24.0 Å². The molecule has 2 unspecified atom stereocenters. The van der Waals surface area contributed by atoms with Crippen LogP contribution in [-0.4, -0.2) is 11.0 Å². The van der Waals surface area contributed by atoms with Gasteiger partial charge in [-0.2, -0.15) is 0 Å². The second-order valence-electron chi connectivity index (χ2n) is 4.94. The highest BCUT2D eigenvalue weighted by Gasteiger charge is 2.56. The third-order valence-corrected chi connectivity index (χ3v) is 3.92. The van der Waals surface area contributed by atoms with Gasteiger partial charge < -0.3 is 10.4 Å². The predicted octanol–water partition coefficient (Wildman–Crippen LogP) is 2.52. The Kier molecular flexibility index (Phi) is 2.31. The molecule has 0 spiro atoms. The van der Waals surface area contributed by atoms with Crippen LogP contribution in [0.25, 0.3) is 0 Å². The third kappa shape index (κ3) is 1.77. The number of rotatable bonds is 2. The number of hydrogen-bond acceptors (Lipinski definition) is 2. The van der Waals surface area contributed by atoms with E-state index in [9.17, 15) is 9.18 Å². The molecule has 0 aromatic heterocycles. The quantitative estimate of drug-likeness (QED) is 0.774. The number of benzene rings is 1. The molecular weight excluding hydrogens is 221 g/mol. The van der Waals surface area contributed by atoms with Gasteiger partial charge in [0, 0.05) is 12.0 Å². The number of aromatic hydroxyl groups is 1. The lowest BCUT2D eigenvalue weighted by molar-refractivity contribution is -0.118. The molecule has 0 bridgehead atoms. The summed E-state index contributed by atoms with van der Waals surface area (Å²) in [6.45, 7) is 0. The van der Waals surface area contributed by atoms with Gasteiger partial charge in [-0.3, -0.25) is 4.79 Å². The van der Waals surface area contributed by atoms with Crippen LogP contribution in [0.5, 0.6) is 5.75 Å². The summed E-state index contributed by atoms with van der Waals surface area (Å²) >= 11 is 0. The van der Waals surface area contributed by atoms with E-state index >= 15 is 0 Å². The fraction of sp³-hybridized carbons (Fsp3) is 0.462. The van der Waals surface area contributed by atoms with Crippen molar-refractivity contribution in [2.45, 2.75) is 19.3 Å². The summed E-state index contributed by atoms with van der Waals surface area (Å²) < 4.78 is 13.4. The summed E-state index contributed by atoms with van der Waals surface area (Å²) in [5.74, 6) is 0.319. The normalized spacial score (nSPS) is 29.8. The number of nitrogens with one attached hydrogen (secondary N) is 1. The van der Waals surface area contributed by atoms with Crippen molar-refractivity contribution in [2.24, 2.45) is 17.8 Å². The number of anilines is 1. The lowest BCUT2D eigenvalue weighted by atomic mass is 10.1. The molecule has 1 amide bonds. The fourth-order valence-electron chi connectivity index (χ4n) is 3.03. The molecule has 2 atom stereocenters. The highest BCUT2D eigenvalue weighted by Crippen LogP contribution is 2.57. The van der Waals surface area contributed by atoms with Crippen LogP contribution in [0.1, 0.15) is 19.3 Å². The topological polar surface area (TPSA) is 49.3 Å². The van der Waals surface area contributed by atoms with Gasteiger partial charge in [-0.25, -0.2) is 4.39 Å². The Bertz CT molecular complexity index is 464. The van der Waals surface area contributed by atoms with Gasteiger partial charge in [0.1, 0.15) is 11.6 Å². The van der Waals surface area contributed by atoms with Crippen LogP contribution in [0.2, 0.25) is 0 Å². The Balaban J connectivity index is 1.69. The zero-order valence-corrected chi connectivity index (χ0v) is 9.32. The largest absolute Gasteiger partial charge is 0.508 e. The molecule has 0 radical (unpaired) electrons. The van der Waals surface area contributed by atoms with E-state index in [-0.39, 0.29) is 23.3 Å². The van der Waals surface area contributed by atoms with E-state index in [1.54, 1.807) is 0 Å². The number of carbonyl (C=O) groups excluding carboxylic acids is 1. The Hall–Kier alpha value is -1.58. The third-order valence-electron chi connectivity index (χ3n) is 3.92. The van der Waals surface area contributed by atoms with E-state index in [1.165, 1.54) is 18.6 Å². The Morgan fingerprint density at radius 1 is 1.35 bits per heavy atom. The van der Waals surface area contributed by atoms with Gasteiger partial charge in [0.05, 0.1) is 5.69 Å². The van der Waals surface area contributed by atoms with Crippen molar-refractivity contribution in [1.82, 2.24) is 0 Å². The summed E-state index contributed by atoms with van der Waals surface area (Å²) in [6.07, 6.45) is 3.47. The number of phenolic OH excluding ortho intramolecular Hbond substituents is 1. The highest BCUT2D eigenvalue weighted by atomic mass is 19.1. The lowest BCUT2D eigenvalue weighted by Crippen LogP contribution is -2.17. The van der Waals surface area contributed by atoms with Crippen LogP contribution in [0.3, 0.4) is 0 Å². The summed E-state index contributed by atoms with van der Waals surface area (Å²) in [5, 5.41) is 11.7. The van der Waals surface area contributed by atoms with Crippen LogP contribution in [-0.2, 0) is 4.79 Å². The van der Waals surface area contributed by atoms with Gasteiger partial charge in [0.2, 0.25) is 5.91 Å². The first-order valence-corrected chi connectivity index (χ1v) is 5.96. The average Bonchev–Trinajstić information content (AvgIpc) is 2.77. The van der Waals surface area contributed by atoms with Crippen LogP contribution >= 0.6 is 0 Å². The van der Waals surface area contributed by atoms with Gasteiger partial charge in [0.25, 0.3) is 0 Å². The highest BCUT2D eigenvalue weighted by molar-refractivity contribution is 5.95. The van der Waals surface area contributed by atoms with E-state index in [0.29, 0.717) is 11.8 Å². The molecule has 1 aromatic rings. The molecule has 17 heavy (non-hydrogen) atoms. The van der Waals surface area contributed by atoms with E-state index in [0.717, 1.165) is 18.9 Å². The molecule has 90 valence electrons. The smallest absolute Gasteiger partial charge is 0.228 e. The standard InChI is InChI=1S/C13H14FNO2/c14-10-6-7(16)4-5-11(10)15-13(17)12-8-2-1-3-9(8)12/h4-6,8-9,12,16H,1-3H2,(H,15,17). The van der Waals surface area contributed by atoms with Crippen LogP contribution in [0.15, 0.2) is 18.2 Å². The molecule has 2 N–H and O–H groups in total. The molecule has 2 aliphatic rings. The van der Waals surface area contributed by atoms with Crippen molar-refractivity contribution in [1.29, 1.82) is 0 Å². The minimum absolute atomic E-state index is 0.0794. The molecule has 0 aliphatic heterocycles. The van der Waals surface area contributed by atoms with E-state index in [1.807, 2.05) is 0 Å². The first-order chi connectivity index (χ1) is 8.16. The maximum absolute atomic E-state index is 13.4. The van der Waals surface area contributed by atoms with Gasteiger partial charge >= 0.3 is 0 Å². The van der Waals surface area contributed by atoms with E-state index < -0.39 is 5.82 Å². The molecular formula is C13H14FNO2. The molecule has 3 nitrogen and oxygen atoms in total. The summed E-state index contributed by atoms with van der Waals surface area (Å²) in [7, 11) is 0. The van der Waals surface area contributed by atoms with Crippen molar-refractivity contribution in [2.75, 3.05) is 5.32 Å². The molecule has 2 saturated carbocycles. The van der Waals surface area contributed by atoms with Gasteiger partial charge in [-0.15, -0.1) is 0 Å². The zero-order chi connectivity index (χ0) is 12.0. The van der Waals surface area contributed by atoms with Crippen LogP contribution < -0.4 is 5.32 Å². The van der Waals surface area contributed by atoms with Gasteiger partial charge in [-0.1, -0.05) is 6.42 Å². The molecule has 0 saturated heterocycles. The van der Waals surface area contributed by atoms with E-state index in [2.05, 4.69) is 5.32 Å². The number of phenols is 1. The van der Waals surface area contributed by atoms with Crippen molar-refractivity contribution in [3.8, 4) is 5.75 Å². The lowest BCUT2D eigenvalue weighted by Gasteiger charge is -2.07. The van der Waals surface area contributed by atoms with E-state index in [4.69, 9.17) is 5.11 Å². The second-order valence-corrected chi connectivity index (χ2v) is 4.94. The first-order valence-electron chi connectivity index (χ1n) is 5.96. The fourth-order valence-corrected chi connectivity index (χ4v) is 3.03. The van der Waals surface area contributed by atoms with Crippen molar-refractivity contribution >= 4 is 11.6 Å². The zero-order valence-electron chi connectivity index (χ0n) is 9.32. The number of fused-ring (bicyclic) bond motifs is 1. The van der Waals surface area contributed by atoms with Crippen molar-refractivity contribution < 1.29 is 14.3 Å². The molecule has 3 rings (SSSR count). The van der Waals surface area contributed by atoms with Crippen LogP contribution in [0, 0.1) is 23.6 Å². The number of hydrogen-bond donors (Lipinski definition) is 2. The SMILES string of the molecule is O=C(Nc1ccc(O)cc1F)C1C2CCCC21. The minimum Gasteiger partial charge on any atom is -0.508 e. The Labute approximate surface area is 98.6 Å². The predicted molar refractivity (Wildman–Crippen MR) is 61.0 cm³/mol. The second kappa shape index (κ2) is 3.72. The van der Waals surface area contributed by atoms with Gasteiger partial charge in [-0.05, 0) is 36.8 Å². The van der Waals surface area contributed by atoms with Gasteiger partial charge in [0.15, 0.2) is 0 Å². The summed E-state index contributed by atoms with van der Waals surface area (Å²) in [4.78, 5) is 11.9. The molecule has 2 aliphatic carbocycles. The molecule has 1 aromatic carbocycles. The van der Waals surface area contributed by atoms with Crippen LogP contribution in [0.4, 0.5) is 10.1 Å². The Morgan fingerprint density at radius 2 is 2.06 bits per heavy atom. The molecule has 2 fully saturated rings. The minimum atomic E-state index is -0.593. The molecule has 4 heteroatoms. The molecule has 0 heterocycles. The number of amides is 1. The average molecular weight is 235 g/mol. The summed E-state index contributed by atoms with van der Waals surface area (Å²) in [5.41, 5.74) is 0.151. The number of carbonyl (C=O) groups is 1. The number of halogens is 1. The first kappa shape index (κ1) is 10.6.